The number of phosphoric acid groups is 1. The lowest BCUT2D eigenvalue weighted by Gasteiger charge is -2.20. The summed E-state index contributed by atoms with van der Waals surface area (Å²) in [5.41, 5.74) is 5.35. The Bertz CT molecular complexity index is 1160. The zero-order valence-corrected chi connectivity index (χ0v) is 41.3. The zero-order valence-electron chi connectivity index (χ0n) is 40.4. The smallest absolute Gasteiger partial charge is 0.472 e. The Labute approximate surface area is 385 Å². The number of rotatable bonds is 49. The van der Waals surface area contributed by atoms with Crippen LogP contribution in [0.4, 0.5) is 0 Å². The van der Waals surface area contributed by atoms with Crippen molar-refractivity contribution in [2.45, 2.75) is 264 Å². The van der Waals surface area contributed by atoms with Crippen molar-refractivity contribution in [1.29, 1.82) is 0 Å². The summed E-state index contributed by atoms with van der Waals surface area (Å²) in [6.45, 7) is 2.82. The predicted octanol–water partition coefficient (Wildman–Crippen LogP) is 14.6. The van der Waals surface area contributed by atoms with Crippen LogP contribution in [0.3, 0.4) is 0 Å². The number of unbranched alkanes of at least 4 members (excludes halogenated alkanes) is 31. The SMILES string of the molecule is CCCCC/C=C/C/C=C/CCCCCCCCCC(=O)O[C@@H](COC(=O)CCCCCCCCCCCCCCCCCCCCCCCC)COP(=O)(O)OC[C@@H](N)C(=O)O. The number of phosphoric ester groups is 1. The van der Waals surface area contributed by atoms with Crippen LogP contribution in [0.1, 0.15) is 251 Å². The van der Waals surface area contributed by atoms with Gasteiger partial charge < -0.3 is 25.2 Å². The highest BCUT2D eigenvalue weighted by Crippen LogP contribution is 2.43. The van der Waals surface area contributed by atoms with Gasteiger partial charge in [0.15, 0.2) is 6.10 Å². The maximum atomic E-state index is 12.7. The van der Waals surface area contributed by atoms with Gasteiger partial charge in [-0.3, -0.25) is 23.4 Å². The van der Waals surface area contributed by atoms with Crippen LogP contribution in [0.15, 0.2) is 24.3 Å². The van der Waals surface area contributed by atoms with Crippen LogP contribution in [0.25, 0.3) is 0 Å². The van der Waals surface area contributed by atoms with Crippen LogP contribution in [-0.4, -0.2) is 59.9 Å². The second-order valence-corrected chi connectivity index (χ2v) is 19.1. The van der Waals surface area contributed by atoms with Gasteiger partial charge in [0.25, 0.3) is 0 Å². The first-order valence-corrected chi connectivity index (χ1v) is 27.4. The molecule has 12 heteroatoms. The fraction of sp³-hybridized carbons (Fsp3) is 0.863. The number of carboxylic acid groups (broad SMARTS) is 1. The van der Waals surface area contributed by atoms with Crippen LogP contribution in [0, 0.1) is 0 Å². The third-order valence-corrected chi connectivity index (χ3v) is 12.4. The molecule has 0 aliphatic carbocycles. The third kappa shape index (κ3) is 46.3. The standard InChI is InChI=1S/C51H96NO10P/c1-3-5-7-9-11-13-15-17-19-21-22-23-24-25-27-28-30-32-34-36-38-40-42-49(53)59-44-47(45-60-63(57,58)61-46-48(52)51(55)56)62-50(54)43-41-39-37-35-33-31-29-26-20-18-16-14-12-10-8-6-4-2/h12,14,18,20,47-48H,3-11,13,15-17,19,21-46,52H2,1-2H3,(H,55,56)(H,57,58)/b14-12+,20-18+/t47-,48+/m0/s1. The molecule has 0 aromatic heterocycles. The second kappa shape index (κ2) is 46.5. The fourth-order valence-electron chi connectivity index (χ4n) is 7.39. The minimum atomic E-state index is -4.72. The molecule has 0 aromatic rings. The van der Waals surface area contributed by atoms with Gasteiger partial charge in [-0.05, 0) is 44.9 Å². The summed E-state index contributed by atoms with van der Waals surface area (Å²) in [4.78, 5) is 46.2. The average molecular weight is 914 g/mol. The zero-order chi connectivity index (χ0) is 46.3. The first-order chi connectivity index (χ1) is 30.6. The van der Waals surface area contributed by atoms with Crippen molar-refractivity contribution < 1.29 is 47.5 Å². The molecule has 63 heavy (non-hydrogen) atoms. The molecule has 0 saturated heterocycles. The van der Waals surface area contributed by atoms with Gasteiger partial charge in [0.05, 0.1) is 13.2 Å². The van der Waals surface area contributed by atoms with Gasteiger partial charge in [-0.25, -0.2) is 4.57 Å². The Morgan fingerprint density at radius 2 is 0.841 bits per heavy atom. The summed E-state index contributed by atoms with van der Waals surface area (Å²) in [6, 6.07) is -1.52. The van der Waals surface area contributed by atoms with E-state index >= 15 is 0 Å². The number of hydrogen-bond acceptors (Lipinski definition) is 9. The molecular weight excluding hydrogens is 818 g/mol. The van der Waals surface area contributed by atoms with Crippen molar-refractivity contribution in [3.05, 3.63) is 24.3 Å². The molecule has 0 spiro atoms. The van der Waals surface area contributed by atoms with E-state index in [0.29, 0.717) is 12.8 Å². The van der Waals surface area contributed by atoms with Crippen molar-refractivity contribution >= 4 is 25.7 Å². The van der Waals surface area contributed by atoms with Crippen molar-refractivity contribution in [1.82, 2.24) is 0 Å². The molecule has 0 amide bonds. The summed E-state index contributed by atoms with van der Waals surface area (Å²) in [6.07, 6.45) is 51.0. The quantitative estimate of drug-likeness (QED) is 0.0230. The maximum Gasteiger partial charge on any atom is 0.472 e. The number of aliphatic carboxylic acids is 1. The summed E-state index contributed by atoms with van der Waals surface area (Å²) in [7, 11) is -4.72. The molecule has 0 radical (unpaired) electrons. The van der Waals surface area contributed by atoms with E-state index in [2.05, 4.69) is 42.7 Å². The summed E-state index contributed by atoms with van der Waals surface area (Å²) in [5.74, 6) is -2.37. The van der Waals surface area contributed by atoms with E-state index in [4.69, 9.17) is 24.8 Å². The van der Waals surface area contributed by atoms with E-state index in [1.165, 1.54) is 154 Å². The Morgan fingerprint density at radius 3 is 1.27 bits per heavy atom. The monoisotopic (exact) mass is 914 g/mol. The highest BCUT2D eigenvalue weighted by molar-refractivity contribution is 7.47. The number of allylic oxidation sites excluding steroid dienone is 4. The first kappa shape index (κ1) is 61.0. The van der Waals surface area contributed by atoms with Crippen LogP contribution >= 0.6 is 7.82 Å². The Kier molecular flexibility index (Phi) is 45.0. The van der Waals surface area contributed by atoms with Gasteiger partial charge in [-0.1, -0.05) is 218 Å². The van der Waals surface area contributed by atoms with Gasteiger partial charge in [-0.15, -0.1) is 0 Å². The van der Waals surface area contributed by atoms with Crippen LogP contribution in [0.5, 0.6) is 0 Å². The van der Waals surface area contributed by atoms with Crippen LogP contribution in [-0.2, 0) is 37.5 Å². The molecule has 0 aromatic carbocycles. The number of ether oxygens (including phenoxy) is 2. The molecule has 0 saturated carbocycles. The van der Waals surface area contributed by atoms with Gasteiger partial charge in [0.2, 0.25) is 0 Å². The number of carbonyl (C=O) groups excluding carboxylic acids is 2. The summed E-state index contributed by atoms with van der Waals surface area (Å²) >= 11 is 0. The van der Waals surface area contributed by atoms with E-state index < -0.39 is 51.1 Å². The maximum absolute atomic E-state index is 12.7. The Morgan fingerprint density at radius 1 is 0.492 bits per heavy atom. The summed E-state index contributed by atoms with van der Waals surface area (Å²) < 4.78 is 32.8. The molecule has 0 aliphatic rings. The molecular formula is C51H96NO10P. The highest BCUT2D eigenvalue weighted by Gasteiger charge is 2.28. The lowest BCUT2D eigenvalue weighted by molar-refractivity contribution is -0.161. The number of carbonyl (C=O) groups is 3. The number of nitrogens with two attached hydrogens (primary N) is 1. The average Bonchev–Trinajstić information content (AvgIpc) is 3.26. The number of carboxylic acids is 1. The molecule has 0 bridgehead atoms. The van der Waals surface area contributed by atoms with Crippen LogP contribution in [0.2, 0.25) is 0 Å². The van der Waals surface area contributed by atoms with E-state index in [-0.39, 0.29) is 19.4 Å². The lowest BCUT2D eigenvalue weighted by atomic mass is 10.0. The van der Waals surface area contributed by atoms with Crippen molar-refractivity contribution in [3.63, 3.8) is 0 Å². The van der Waals surface area contributed by atoms with Crippen molar-refractivity contribution in [2.75, 3.05) is 19.8 Å². The Balaban J connectivity index is 4.20. The molecule has 3 atom stereocenters. The highest BCUT2D eigenvalue weighted by atomic mass is 31.2. The molecule has 0 rings (SSSR count). The Hall–Kier alpha value is -2.04. The molecule has 1 unspecified atom stereocenters. The third-order valence-electron chi connectivity index (χ3n) is 11.5. The normalized spacial score (nSPS) is 13.7. The number of esters is 2. The van der Waals surface area contributed by atoms with Crippen molar-refractivity contribution in [2.24, 2.45) is 5.73 Å². The van der Waals surface area contributed by atoms with Gasteiger partial charge in [-0.2, -0.15) is 0 Å². The molecule has 4 N–H and O–H groups in total. The van der Waals surface area contributed by atoms with E-state index in [1.807, 2.05) is 0 Å². The topological polar surface area (TPSA) is 172 Å². The minimum absolute atomic E-state index is 0.155. The minimum Gasteiger partial charge on any atom is -0.480 e. The largest absolute Gasteiger partial charge is 0.480 e. The van der Waals surface area contributed by atoms with Crippen LogP contribution < -0.4 is 5.73 Å². The molecule has 0 fully saturated rings. The molecule has 0 heterocycles. The lowest BCUT2D eigenvalue weighted by Crippen LogP contribution is -2.34. The first-order valence-electron chi connectivity index (χ1n) is 25.9. The predicted molar refractivity (Wildman–Crippen MR) is 259 cm³/mol. The van der Waals surface area contributed by atoms with E-state index in [9.17, 15) is 23.8 Å². The van der Waals surface area contributed by atoms with Gasteiger partial charge in [0.1, 0.15) is 12.6 Å². The molecule has 370 valence electrons. The second-order valence-electron chi connectivity index (χ2n) is 17.7. The number of hydrogen-bond donors (Lipinski definition) is 3. The van der Waals surface area contributed by atoms with Gasteiger partial charge in [0, 0.05) is 12.8 Å². The molecule has 11 nitrogen and oxygen atoms in total. The summed E-state index contributed by atoms with van der Waals surface area (Å²) in [5, 5.41) is 8.92. The van der Waals surface area contributed by atoms with E-state index in [0.717, 1.165) is 57.8 Å². The van der Waals surface area contributed by atoms with Crippen molar-refractivity contribution in [3.8, 4) is 0 Å². The van der Waals surface area contributed by atoms with Gasteiger partial charge >= 0.3 is 25.7 Å². The fourth-order valence-corrected chi connectivity index (χ4v) is 8.17. The van der Waals surface area contributed by atoms with E-state index in [1.54, 1.807) is 0 Å². The molecule has 0 aliphatic heterocycles.